The maximum Gasteiger partial charge on any atom is 0.416 e. The van der Waals surface area contributed by atoms with E-state index < -0.39 is 27.5 Å². The third-order valence-electron chi connectivity index (χ3n) is 5.60. The average molecular weight is 542 g/mol. The van der Waals surface area contributed by atoms with Crippen LogP contribution in [0.1, 0.15) is 19.4 Å². The van der Waals surface area contributed by atoms with Gasteiger partial charge in [0.2, 0.25) is 5.91 Å². The topological polar surface area (TPSA) is 98.2 Å². The van der Waals surface area contributed by atoms with Crippen LogP contribution in [0, 0.1) is 0 Å². The first kappa shape index (κ1) is 26.8. The Morgan fingerprint density at radius 3 is 2.26 bits per heavy atom. The number of carbonyl (C=O) groups is 1. The van der Waals surface area contributed by atoms with Crippen LogP contribution in [0.2, 0.25) is 0 Å². The Balaban J connectivity index is 1.98. The molecule has 38 heavy (non-hydrogen) atoms. The summed E-state index contributed by atoms with van der Waals surface area (Å²) in [5.41, 5.74) is 1.16. The molecule has 7 nitrogen and oxygen atoms in total. The van der Waals surface area contributed by atoms with Gasteiger partial charge in [-0.2, -0.15) is 13.2 Å². The van der Waals surface area contributed by atoms with Gasteiger partial charge in [-0.25, -0.2) is 18.4 Å². The van der Waals surface area contributed by atoms with Crippen molar-refractivity contribution in [3.05, 3.63) is 84.9 Å². The minimum Gasteiger partial charge on any atom is -0.456 e. The van der Waals surface area contributed by atoms with Crippen LogP contribution in [-0.4, -0.2) is 30.0 Å². The maximum absolute atomic E-state index is 13.4. The standard InChI is InChI=1S/C27H22F3N3O4S/c1-3-38(35,36)22-9-7-18(8-10-22)25-24(33-17(2)34)12-11-23(19-14-31-16-32-15-19)26(25)37-21-6-4-5-20(13-21)27(28,29)30/h4-16H,3H2,1-2H3,(H,33,34). The number of anilines is 1. The van der Waals surface area contributed by atoms with Gasteiger partial charge in [-0.15, -0.1) is 0 Å². The van der Waals surface area contributed by atoms with Crippen LogP contribution in [-0.2, 0) is 20.8 Å². The van der Waals surface area contributed by atoms with E-state index in [9.17, 15) is 26.4 Å². The molecular weight excluding hydrogens is 519 g/mol. The van der Waals surface area contributed by atoms with Crippen molar-refractivity contribution in [2.75, 3.05) is 11.1 Å². The molecule has 1 heterocycles. The van der Waals surface area contributed by atoms with Gasteiger partial charge in [0, 0.05) is 36.0 Å². The maximum atomic E-state index is 13.4. The van der Waals surface area contributed by atoms with Crippen LogP contribution in [0.25, 0.3) is 22.3 Å². The van der Waals surface area contributed by atoms with Gasteiger partial charge in [0.25, 0.3) is 0 Å². The van der Waals surface area contributed by atoms with E-state index in [4.69, 9.17) is 4.74 Å². The Hall–Kier alpha value is -4.25. The Kier molecular flexibility index (Phi) is 7.49. The van der Waals surface area contributed by atoms with E-state index in [-0.39, 0.29) is 22.1 Å². The summed E-state index contributed by atoms with van der Waals surface area (Å²) in [5.74, 6) is -0.449. The molecule has 4 rings (SSSR count). The van der Waals surface area contributed by atoms with E-state index in [0.717, 1.165) is 12.1 Å². The molecule has 1 amide bonds. The fraction of sp³-hybridized carbons (Fsp3) is 0.148. The molecule has 196 valence electrons. The molecule has 0 saturated heterocycles. The number of nitrogens with one attached hydrogen (secondary N) is 1. The molecule has 0 atom stereocenters. The monoisotopic (exact) mass is 541 g/mol. The van der Waals surface area contributed by atoms with Gasteiger partial charge in [0.05, 0.1) is 21.9 Å². The van der Waals surface area contributed by atoms with Crippen LogP contribution in [0.15, 0.2) is 84.3 Å². The summed E-state index contributed by atoms with van der Waals surface area (Å²) in [5, 5.41) is 2.72. The van der Waals surface area contributed by atoms with E-state index in [1.54, 1.807) is 24.3 Å². The molecule has 1 N–H and O–H groups in total. The van der Waals surface area contributed by atoms with Gasteiger partial charge in [-0.3, -0.25) is 4.79 Å². The van der Waals surface area contributed by atoms with E-state index in [1.165, 1.54) is 56.8 Å². The van der Waals surface area contributed by atoms with Gasteiger partial charge in [0.1, 0.15) is 17.8 Å². The van der Waals surface area contributed by atoms with E-state index >= 15 is 0 Å². The first-order valence-electron chi connectivity index (χ1n) is 11.4. The predicted octanol–water partition coefficient (Wildman–Crippen LogP) is 6.37. The number of sulfone groups is 1. The SMILES string of the molecule is CCS(=O)(=O)c1ccc(-c2c(NC(C)=O)ccc(-c3cncnc3)c2Oc2cccc(C(F)(F)F)c2)cc1. The normalized spacial score (nSPS) is 11.7. The second kappa shape index (κ2) is 10.6. The summed E-state index contributed by atoms with van der Waals surface area (Å²) in [6.45, 7) is 2.84. The van der Waals surface area contributed by atoms with Crippen LogP contribution in [0.5, 0.6) is 11.5 Å². The first-order chi connectivity index (χ1) is 18.0. The first-order valence-corrected chi connectivity index (χ1v) is 13.0. The molecule has 0 aliphatic carbocycles. The smallest absolute Gasteiger partial charge is 0.416 e. The van der Waals surface area contributed by atoms with Crippen molar-refractivity contribution in [2.24, 2.45) is 0 Å². The van der Waals surface area contributed by atoms with E-state index in [0.29, 0.717) is 27.9 Å². The molecule has 0 saturated carbocycles. The number of halogens is 3. The summed E-state index contributed by atoms with van der Waals surface area (Å²) in [6.07, 6.45) is -0.229. The quantitative estimate of drug-likeness (QED) is 0.292. The third-order valence-corrected chi connectivity index (χ3v) is 7.35. The minimum absolute atomic E-state index is 0.0864. The Morgan fingerprint density at radius 1 is 0.974 bits per heavy atom. The zero-order chi connectivity index (χ0) is 27.5. The number of rotatable bonds is 7. The molecule has 0 aliphatic rings. The second-order valence-electron chi connectivity index (χ2n) is 8.23. The predicted molar refractivity (Wildman–Crippen MR) is 136 cm³/mol. The average Bonchev–Trinajstić information content (AvgIpc) is 2.89. The summed E-state index contributed by atoms with van der Waals surface area (Å²) in [7, 11) is -3.48. The fourth-order valence-electron chi connectivity index (χ4n) is 3.78. The van der Waals surface area contributed by atoms with E-state index in [1.807, 2.05) is 0 Å². The molecule has 0 fully saturated rings. The minimum atomic E-state index is -4.59. The van der Waals surface area contributed by atoms with E-state index in [2.05, 4.69) is 15.3 Å². The number of hydrogen-bond donors (Lipinski definition) is 1. The van der Waals surface area contributed by atoms with Gasteiger partial charge < -0.3 is 10.1 Å². The highest BCUT2D eigenvalue weighted by molar-refractivity contribution is 7.91. The molecule has 11 heteroatoms. The van der Waals surface area contributed by atoms with Crippen molar-refractivity contribution in [1.82, 2.24) is 9.97 Å². The number of ether oxygens (including phenoxy) is 1. The lowest BCUT2D eigenvalue weighted by molar-refractivity contribution is -0.137. The van der Waals surface area contributed by atoms with Crippen LogP contribution in [0.4, 0.5) is 18.9 Å². The molecule has 1 aromatic heterocycles. The molecular formula is C27H22F3N3O4S. The highest BCUT2D eigenvalue weighted by Gasteiger charge is 2.31. The molecule has 0 aliphatic heterocycles. The zero-order valence-electron chi connectivity index (χ0n) is 20.3. The number of hydrogen-bond acceptors (Lipinski definition) is 6. The highest BCUT2D eigenvalue weighted by atomic mass is 32.2. The van der Waals surface area contributed by atoms with Crippen molar-refractivity contribution >= 4 is 21.4 Å². The third kappa shape index (κ3) is 5.83. The second-order valence-corrected chi connectivity index (χ2v) is 10.5. The molecule has 0 unspecified atom stereocenters. The van der Waals surface area contributed by atoms with Crippen LogP contribution >= 0.6 is 0 Å². The molecule has 0 radical (unpaired) electrons. The number of alkyl halides is 3. The molecule has 0 spiro atoms. The number of nitrogens with zero attached hydrogens (tertiary/aromatic N) is 2. The van der Waals surface area contributed by atoms with Crippen molar-refractivity contribution in [2.45, 2.75) is 24.9 Å². The lowest BCUT2D eigenvalue weighted by atomic mass is 9.96. The number of aromatic nitrogens is 2. The van der Waals surface area contributed by atoms with Gasteiger partial charge in [0.15, 0.2) is 9.84 Å². The van der Waals surface area contributed by atoms with Crippen molar-refractivity contribution in [3.8, 4) is 33.8 Å². The highest BCUT2D eigenvalue weighted by Crippen LogP contribution is 2.46. The molecule has 3 aromatic carbocycles. The molecule has 0 bridgehead atoms. The summed E-state index contributed by atoms with van der Waals surface area (Å²) >= 11 is 0. The Morgan fingerprint density at radius 2 is 1.66 bits per heavy atom. The van der Waals surface area contributed by atoms with Gasteiger partial charge >= 0.3 is 6.18 Å². The van der Waals surface area contributed by atoms with Crippen molar-refractivity contribution in [1.29, 1.82) is 0 Å². The lowest BCUT2D eigenvalue weighted by Gasteiger charge is -2.20. The fourth-order valence-corrected chi connectivity index (χ4v) is 4.67. The largest absolute Gasteiger partial charge is 0.456 e. The van der Waals surface area contributed by atoms with Crippen LogP contribution in [0.3, 0.4) is 0 Å². The number of benzene rings is 3. The number of carbonyl (C=O) groups excluding carboxylic acids is 1. The van der Waals surface area contributed by atoms with Crippen molar-refractivity contribution in [3.63, 3.8) is 0 Å². The van der Waals surface area contributed by atoms with Gasteiger partial charge in [-0.05, 0) is 48.0 Å². The summed E-state index contributed by atoms with van der Waals surface area (Å²) in [6, 6.07) is 13.6. The number of amides is 1. The van der Waals surface area contributed by atoms with Crippen LogP contribution < -0.4 is 10.1 Å². The molecule has 4 aromatic rings. The summed E-state index contributed by atoms with van der Waals surface area (Å²) < 4.78 is 71.0. The van der Waals surface area contributed by atoms with Crippen molar-refractivity contribution < 1.29 is 31.1 Å². The lowest BCUT2D eigenvalue weighted by Crippen LogP contribution is -2.08. The summed E-state index contributed by atoms with van der Waals surface area (Å²) in [4.78, 5) is 20.2. The zero-order valence-corrected chi connectivity index (χ0v) is 21.1. The van der Waals surface area contributed by atoms with Gasteiger partial charge in [-0.1, -0.05) is 25.1 Å². The Bertz CT molecular complexity index is 1570. The Labute approximate surface area is 217 Å².